The number of carbonyl (C=O) groups excluding carboxylic acids is 2. The molecule has 0 radical (unpaired) electrons. The molecule has 3 amide bonds. The van der Waals surface area contributed by atoms with E-state index in [1.807, 2.05) is 19.1 Å². The van der Waals surface area contributed by atoms with Crippen LogP contribution in [0, 0.1) is 13.8 Å². The first-order chi connectivity index (χ1) is 13.0. The maximum Gasteiger partial charge on any atom is 0.314 e. The van der Waals surface area contributed by atoms with Crippen LogP contribution in [-0.4, -0.2) is 37.3 Å². The fraction of sp³-hybridized carbons (Fsp3) is 0.333. The molecule has 0 spiro atoms. The predicted molar refractivity (Wildman–Crippen MR) is 112 cm³/mol. The van der Waals surface area contributed by atoms with Crippen molar-refractivity contribution in [2.45, 2.75) is 19.6 Å². The third kappa shape index (κ3) is 8.17. The minimum atomic E-state index is -0.212. The van der Waals surface area contributed by atoms with E-state index >= 15 is 0 Å². The summed E-state index contributed by atoms with van der Waals surface area (Å²) in [5.41, 5.74) is 4.29. The molecule has 2 aromatic carbocycles. The second-order valence-electron chi connectivity index (χ2n) is 6.34. The van der Waals surface area contributed by atoms with Crippen molar-refractivity contribution in [2.75, 3.05) is 25.4 Å². The van der Waals surface area contributed by atoms with Crippen molar-refractivity contribution in [3.63, 3.8) is 0 Å². The molecule has 0 heterocycles. The van der Waals surface area contributed by atoms with Gasteiger partial charge in [-0.05, 0) is 31.5 Å². The molecule has 144 valence electrons. The van der Waals surface area contributed by atoms with E-state index in [0.29, 0.717) is 25.2 Å². The first-order valence-corrected chi connectivity index (χ1v) is 10.2. The molecule has 0 bridgehead atoms. The van der Waals surface area contributed by atoms with Crippen molar-refractivity contribution in [2.24, 2.45) is 0 Å². The van der Waals surface area contributed by atoms with E-state index in [-0.39, 0.29) is 11.9 Å². The Kier molecular flexibility index (Phi) is 8.71. The Morgan fingerprint density at radius 1 is 0.778 bits per heavy atom. The van der Waals surface area contributed by atoms with Gasteiger partial charge in [0.15, 0.2) is 0 Å². The maximum atomic E-state index is 11.9. The molecule has 0 unspecified atom stereocenters. The zero-order valence-corrected chi connectivity index (χ0v) is 16.7. The van der Waals surface area contributed by atoms with Crippen LogP contribution in [0.5, 0.6) is 0 Å². The molecule has 0 atom stereocenters. The van der Waals surface area contributed by atoms with Crippen molar-refractivity contribution >= 4 is 23.7 Å². The molecule has 2 aromatic rings. The number of hydrogen-bond acceptors (Lipinski definition) is 3. The van der Waals surface area contributed by atoms with Crippen LogP contribution in [0.15, 0.2) is 48.5 Å². The summed E-state index contributed by atoms with van der Waals surface area (Å²) in [6.45, 7) is 5.44. The van der Waals surface area contributed by atoms with E-state index in [9.17, 15) is 9.59 Å². The lowest BCUT2D eigenvalue weighted by molar-refractivity contribution is 0.0954. The standard InChI is InChI=1S/C21H27N3O2S/c1-16-3-7-18(8-4-16)15-27-14-13-24-21(26)23-12-11-22-20(25)19-9-5-17(2)6-10-19/h3-10H,11-15H2,1-2H3,(H,22,25)(H2,23,24,26). The van der Waals surface area contributed by atoms with E-state index < -0.39 is 0 Å². The van der Waals surface area contributed by atoms with Crippen molar-refractivity contribution in [3.05, 3.63) is 70.8 Å². The highest BCUT2D eigenvalue weighted by molar-refractivity contribution is 7.98. The molecule has 0 saturated carbocycles. The molecule has 6 heteroatoms. The molecular formula is C21H27N3O2S. The summed E-state index contributed by atoms with van der Waals surface area (Å²) in [6, 6.07) is 15.7. The first-order valence-electron chi connectivity index (χ1n) is 9.04. The highest BCUT2D eigenvalue weighted by atomic mass is 32.2. The second kappa shape index (κ2) is 11.3. The number of thioether (sulfide) groups is 1. The topological polar surface area (TPSA) is 70.2 Å². The minimum Gasteiger partial charge on any atom is -0.350 e. The fourth-order valence-electron chi connectivity index (χ4n) is 2.33. The number of hydrogen-bond donors (Lipinski definition) is 3. The van der Waals surface area contributed by atoms with Crippen LogP contribution in [0.2, 0.25) is 0 Å². The number of amides is 3. The molecule has 0 aliphatic carbocycles. The van der Waals surface area contributed by atoms with Gasteiger partial charge >= 0.3 is 6.03 Å². The Hall–Kier alpha value is -2.47. The fourth-order valence-corrected chi connectivity index (χ4v) is 3.15. The van der Waals surface area contributed by atoms with E-state index in [2.05, 4.69) is 47.1 Å². The van der Waals surface area contributed by atoms with E-state index in [1.165, 1.54) is 11.1 Å². The minimum absolute atomic E-state index is 0.135. The Balaban J connectivity index is 1.50. The number of aryl methyl sites for hydroxylation is 2. The van der Waals surface area contributed by atoms with E-state index in [0.717, 1.165) is 17.1 Å². The highest BCUT2D eigenvalue weighted by Gasteiger charge is 2.04. The normalized spacial score (nSPS) is 10.3. The van der Waals surface area contributed by atoms with Gasteiger partial charge in [0.1, 0.15) is 0 Å². The van der Waals surface area contributed by atoms with Gasteiger partial charge in [-0.25, -0.2) is 4.79 Å². The average Bonchev–Trinajstić information content (AvgIpc) is 2.67. The maximum absolute atomic E-state index is 11.9. The second-order valence-corrected chi connectivity index (χ2v) is 7.45. The Labute approximate surface area is 165 Å². The number of carbonyl (C=O) groups is 2. The van der Waals surface area contributed by atoms with E-state index in [4.69, 9.17) is 0 Å². The summed E-state index contributed by atoms with van der Waals surface area (Å²) < 4.78 is 0. The highest BCUT2D eigenvalue weighted by Crippen LogP contribution is 2.12. The van der Waals surface area contributed by atoms with Crippen molar-refractivity contribution in [1.82, 2.24) is 16.0 Å². The van der Waals surface area contributed by atoms with Crippen LogP contribution in [0.25, 0.3) is 0 Å². The van der Waals surface area contributed by atoms with Crippen LogP contribution in [0.4, 0.5) is 4.79 Å². The first kappa shape index (κ1) is 20.8. The van der Waals surface area contributed by atoms with Gasteiger partial charge in [0.25, 0.3) is 5.91 Å². The average molecular weight is 386 g/mol. The van der Waals surface area contributed by atoms with Crippen LogP contribution in [0.3, 0.4) is 0 Å². The summed E-state index contributed by atoms with van der Waals surface area (Å²) >= 11 is 1.79. The number of nitrogens with one attached hydrogen (secondary N) is 3. The molecular weight excluding hydrogens is 358 g/mol. The molecule has 0 aliphatic rings. The van der Waals surface area contributed by atoms with Gasteiger partial charge in [0, 0.05) is 36.7 Å². The molecule has 3 N–H and O–H groups in total. The van der Waals surface area contributed by atoms with Gasteiger partial charge in [-0.15, -0.1) is 0 Å². The largest absolute Gasteiger partial charge is 0.350 e. The number of benzene rings is 2. The molecule has 27 heavy (non-hydrogen) atoms. The lowest BCUT2D eigenvalue weighted by atomic mass is 10.1. The zero-order chi connectivity index (χ0) is 19.5. The Morgan fingerprint density at radius 3 is 2.00 bits per heavy atom. The summed E-state index contributed by atoms with van der Waals surface area (Å²) in [4.78, 5) is 23.7. The van der Waals surface area contributed by atoms with Crippen LogP contribution in [-0.2, 0) is 5.75 Å². The van der Waals surface area contributed by atoms with Gasteiger partial charge in [-0.1, -0.05) is 47.5 Å². The van der Waals surface area contributed by atoms with Gasteiger partial charge in [0.05, 0.1) is 0 Å². The van der Waals surface area contributed by atoms with Gasteiger partial charge in [-0.2, -0.15) is 11.8 Å². The molecule has 5 nitrogen and oxygen atoms in total. The van der Waals surface area contributed by atoms with Crippen molar-refractivity contribution in [3.8, 4) is 0 Å². The Morgan fingerprint density at radius 2 is 1.33 bits per heavy atom. The lowest BCUT2D eigenvalue weighted by Crippen LogP contribution is -2.41. The third-order valence-corrected chi connectivity index (χ3v) is 4.96. The van der Waals surface area contributed by atoms with Crippen molar-refractivity contribution < 1.29 is 9.59 Å². The quantitative estimate of drug-likeness (QED) is 0.580. The SMILES string of the molecule is Cc1ccc(CSCCNC(=O)NCCNC(=O)c2ccc(C)cc2)cc1. The summed E-state index contributed by atoms with van der Waals surface area (Å²) in [5, 5.41) is 8.35. The monoisotopic (exact) mass is 385 g/mol. The number of urea groups is 1. The Bertz CT molecular complexity index is 730. The van der Waals surface area contributed by atoms with Gasteiger partial charge in [0.2, 0.25) is 0 Å². The third-order valence-electron chi connectivity index (χ3n) is 3.93. The molecule has 0 saturated heterocycles. The van der Waals surface area contributed by atoms with Gasteiger partial charge in [-0.3, -0.25) is 4.79 Å². The lowest BCUT2D eigenvalue weighted by Gasteiger charge is -2.09. The molecule has 0 aromatic heterocycles. The van der Waals surface area contributed by atoms with Crippen LogP contribution < -0.4 is 16.0 Å². The van der Waals surface area contributed by atoms with Gasteiger partial charge < -0.3 is 16.0 Å². The van der Waals surface area contributed by atoms with Crippen molar-refractivity contribution in [1.29, 1.82) is 0 Å². The molecule has 2 rings (SSSR count). The summed E-state index contributed by atoms with van der Waals surface area (Å²) in [6.07, 6.45) is 0. The number of rotatable bonds is 9. The predicted octanol–water partition coefficient (Wildman–Crippen LogP) is 3.27. The zero-order valence-electron chi connectivity index (χ0n) is 15.9. The molecule has 0 aliphatic heterocycles. The molecule has 0 fully saturated rings. The van der Waals surface area contributed by atoms with E-state index in [1.54, 1.807) is 23.9 Å². The van der Waals surface area contributed by atoms with Crippen LogP contribution in [0.1, 0.15) is 27.0 Å². The van der Waals surface area contributed by atoms with Crippen LogP contribution >= 0.6 is 11.8 Å². The smallest absolute Gasteiger partial charge is 0.314 e. The summed E-state index contributed by atoms with van der Waals surface area (Å²) in [7, 11) is 0. The summed E-state index contributed by atoms with van der Waals surface area (Å²) in [5.74, 6) is 1.66.